The number of amides is 1. The van der Waals surface area contributed by atoms with Gasteiger partial charge < -0.3 is 14.9 Å². The fraction of sp³-hybridized carbons (Fsp3) is 0.263. The zero-order valence-corrected chi connectivity index (χ0v) is 13.9. The van der Waals surface area contributed by atoms with Crippen LogP contribution >= 0.6 is 0 Å². The van der Waals surface area contributed by atoms with E-state index in [4.69, 9.17) is 9.57 Å². The molecule has 0 aliphatic rings. The Balaban J connectivity index is 1.77. The zero-order valence-electron chi connectivity index (χ0n) is 13.9. The Bertz CT molecular complexity index is 669. The van der Waals surface area contributed by atoms with E-state index in [0.29, 0.717) is 6.54 Å². The smallest absolute Gasteiger partial charge is 0.261 e. The van der Waals surface area contributed by atoms with Crippen LogP contribution in [0.25, 0.3) is 0 Å². The second kappa shape index (κ2) is 9.35. The molecule has 0 aliphatic heterocycles. The number of benzene rings is 2. The molecule has 1 amide bonds. The monoisotopic (exact) mass is 326 g/mol. The van der Waals surface area contributed by atoms with E-state index in [2.05, 4.69) is 10.5 Å². The molecule has 0 spiro atoms. The summed E-state index contributed by atoms with van der Waals surface area (Å²) in [5, 5.41) is 6.61. The molecule has 2 aromatic carbocycles. The predicted octanol–water partition coefficient (Wildman–Crippen LogP) is 3.14. The first kappa shape index (κ1) is 17.5. The number of hydrogen-bond acceptors (Lipinski definition) is 4. The lowest BCUT2D eigenvalue weighted by Crippen LogP contribution is -2.26. The summed E-state index contributed by atoms with van der Waals surface area (Å²) < 4.78 is 5.68. The largest absolute Gasteiger partial charge is 0.490 e. The van der Waals surface area contributed by atoms with Crippen LogP contribution in [-0.2, 0) is 16.2 Å². The summed E-state index contributed by atoms with van der Waals surface area (Å²) in [4.78, 5) is 16.8. The van der Waals surface area contributed by atoms with Gasteiger partial charge >= 0.3 is 0 Å². The first-order valence-corrected chi connectivity index (χ1v) is 7.87. The molecule has 126 valence electrons. The first-order valence-electron chi connectivity index (χ1n) is 7.87. The van der Waals surface area contributed by atoms with E-state index in [0.717, 1.165) is 16.9 Å². The lowest BCUT2D eigenvalue weighted by Gasteiger charge is -2.11. The van der Waals surface area contributed by atoms with Crippen LogP contribution in [0.5, 0.6) is 5.75 Å². The molecule has 0 saturated heterocycles. The molecular formula is C19H22N2O3. The minimum Gasteiger partial charge on any atom is -0.490 e. The Hall–Kier alpha value is -2.82. The van der Waals surface area contributed by atoms with Gasteiger partial charge in [-0.05, 0) is 31.5 Å². The number of ether oxygens (including phenoxy) is 1. The van der Waals surface area contributed by atoms with E-state index < -0.39 is 0 Å². The molecule has 0 unspecified atom stereocenters. The van der Waals surface area contributed by atoms with Gasteiger partial charge in [0.2, 0.25) is 0 Å². The highest BCUT2D eigenvalue weighted by molar-refractivity contribution is 5.83. The number of nitrogens with one attached hydrogen (secondary N) is 1. The van der Waals surface area contributed by atoms with E-state index in [1.165, 1.54) is 0 Å². The number of carbonyl (C=O) groups is 1. The second-order valence-electron chi connectivity index (χ2n) is 5.47. The molecule has 5 nitrogen and oxygen atoms in total. The van der Waals surface area contributed by atoms with Crippen molar-refractivity contribution in [1.82, 2.24) is 5.32 Å². The van der Waals surface area contributed by atoms with Crippen LogP contribution in [-0.4, -0.2) is 24.8 Å². The maximum Gasteiger partial charge on any atom is 0.261 e. The number of nitrogens with zero attached hydrogens (tertiary/aromatic N) is 1. The van der Waals surface area contributed by atoms with Crippen molar-refractivity contribution in [2.45, 2.75) is 26.5 Å². The van der Waals surface area contributed by atoms with E-state index >= 15 is 0 Å². The standard InChI is InChI=1S/C19H22N2O3/c1-15(2)24-18-11-7-6-10-17(18)13-21-23-14-19(22)20-12-16-8-4-3-5-9-16/h3-11,13,15H,12,14H2,1-2H3,(H,20,22)/b21-13+. The summed E-state index contributed by atoms with van der Waals surface area (Å²) in [7, 11) is 0. The van der Waals surface area contributed by atoms with Crippen LogP contribution in [0, 0.1) is 0 Å². The van der Waals surface area contributed by atoms with Crippen molar-refractivity contribution in [1.29, 1.82) is 0 Å². The van der Waals surface area contributed by atoms with Crippen molar-refractivity contribution >= 4 is 12.1 Å². The third-order valence-corrected chi connectivity index (χ3v) is 3.08. The van der Waals surface area contributed by atoms with Crippen molar-refractivity contribution in [3.63, 3.8) is 0 Å². The van der Waals surface area contributed by atoms with Crippen LogP contribution in [0.15, 0.2) is 59.8 Å². The molecule has 0 saturated carbocycles. The van der Waals surface area contributed by atoms with Crippen molar-refractivity contribution in [2.75, 3.05) is 6.61 Å². The summed E-state index contributed by atoms with van der Waals surface area (Å²) in [5.41, 5.74) is 1.84. The topological polar surface area (TPSA) is 59.9 Å². The first-order chi connectivity index (χ1) is 11.6. The highest BCUT2D eigenvalue weighted by atomic mass is 16.6. The molecule has 0 bridgehead atoms. The fourth-order valence-electron chi connectivity index (χ4n) is 1.99. The SMILES string of the molecule is CC(C)Oc1ccccc1/C=N/OCC(=O)NCc1ccccc1. The minimum absolute atomic E-state index is 0.0734. The Morgan fingerprint density at radius 3 is 2.58 bits per heavy atom. The van der Waals surface area contributed by atoms with Gasteiger partial charge in [-0.1, -0.05) is 47.6 Å². The quantitative estimate of drug-likeness (QED) is 0.599. The predicted molar refractivity (Wildman–Crippen MR) is 94.0 cm³/mol. The van der Waals surface area contributed by atoms with Crippen LogP contribution in [0.3, 0.4) is 0 Å². The van der Waals surface area contributed by atoms with Crippen molar-refractivity contribution in [2.24, 2.45) is 5.16 Å². The molecule has 1 N–H and O–H groups in total. The third-order valence-electron chi connectivity index (χ3n) is 3.08. The summed E-state index contributed by atoms with van der Waals surface area (Å²) >= 11 is 0. The molecule has 24 heavy (non-hydrogen) atoms. The number of hydrogen-bond donors (Lipinski definition) is 1. The summed E-state index contributed by atoms with van der Waals surface area (Å²) in [5.74, 6) is 0.510. The Kier molecular flexibility index (Phi) is 6.83. The zero-order chi connectivity index (χ0) is 17.2. The van der Waals surface area contributed by atoms with E-state index in [1.54, 1.807) is 6.21 Å². The summed E-state index contributed by atoms with van der Waals surface area (Å²) in [6, 6.07) is 17.2. The molecule has 0 atom stereocenters. The maximum atomic E-state index is 11.7. The van der Waals surface area contributed by atoms with Gasteiger partial charge in [-0.25, -0.2) is 0 Å². The number of para-hydroxylation sites is 1. The Morgan fingerprint density at radius 1 is 1.12 bits per heavy atom. The van der Waals surface area contributed by atoms with Gasteiger partial charge in [-0.3, -0.25) is 4.79 Å². The minimum atomic E-state index is -0.220. The lowest BCUT2D eigenvalue weighted by molar-refractivity contribution is -0.125. The van der Waals surface area contributed by atoms with Crippen LogP contribution in [0.2, 0.25) is 0 Å². The number of rotatable bonds is 8. The van der Waals surface area contributed by atoms with Crippen molar-refractivity contribution in [3.8, 4) is 5.75 Å². The molecule has 0 aliphatic carbocycles. The van der Waals surface area contributed by atoms with Gasteiger partial charge in [0.25, 0.3) is 5.91 Å². The highest BCUT2D eigenvalue weighted by Gasteiger charge is 2.04. The molecule has 0 heterocycles. The average Bonchev–Trinajstić information content (AvgIpc) is 2.58. The second-order valence-corrected chi connectivity index (χ2v) is 5.47. The molecule has 0 fully saturated rings. The van der Waals surface area contributed by atoms with Gasteiger partial charge in [0.1, 0.15) is 5.75 Å². The van der Waals surface area contributed by atoms with Crippen LogP contribution < -0.4 is 10.1 Å². The van der Waals surface area contributed by atoms with Crippen LogP contribution in [0.1, 0.15) is 25.0 Å². The van der Waals surface area contributed by atoms with Gasteiger partial charge in [0.15, 0.2) is 6.61 Å². The van der Waals surface area contributed by atoms with Gasteiger partial charge in [-0.15, -0.1) is 0 Å². The average molecular weight is 326 g/mol. The molecule has 2 aromatic rings. The maximum absolute atomic E-state index is 11.7. The molecule has 0 aromatic heterocycles. The van der Waals surface area contributed by atoms with Crippen LogP contribution in [0.4, 0.5) is 0 Å². The normalized spacial score (nSPS) is 10.8. The van der Waals surface area contributed by atoms with Gasteiger partial charge in [0, 0.05) is 12.1 Å². The Labute approximate surface area is 142 Å². The van der Waals surface area contributed by atoms with E-state index in [-0.39, 0.29) is 18.6 Å². The fourth-order valence-corrected chi connectivity index (χ4v) is 1.99. The van der Waals surface area contributed by atoms with Gasteiger partial charge in [0.05, 0.1) is 12.3 Å². The number of oxime groups is 1. The van der Waals surface area contributed by atoms with Crippen molar-refractivity contribution < 1.29 is 14.4 Å². The van der Waals surface area contributed by atoms with E-state index in [1.807, 2.05) is 68.4 Å². The molecule has 0 radical (unpaired) electrons. The van der Waals surface area contributed by atoms with Gasteiger partial charge in [-0.2, -0.15) is 0 Å². The summed E-state index contributed by atoms with van der Waals surface area (Å²) in [6.07, 6.45) is 1.62. The molecular weight excluding hydrogens is 304 g/mol. The number of carbonyl (C=O) groups excluding carboxylic acids is 1. The lowest BCUT2D eigenvalue weighted by atomic mass is 10.2. The van der Waals surface area contributed by atoms with E-state index in [9.17, 15) is 4.79 Å². The highest BCUT2D eigenvalue weighted by Crippen LogP contribution is 2.17. The third kappa shape index (κ3) is 6.12. The summed E-state index contributed by atoms with van der Waals surface area (Å²) in [6.45, 7) is 4.26. The molecule has 5 heteroatoms. The Morgan fingerprint density at radius 2 is 1.83 bits per heavy atom. The molecule has 2 rings (SSSR count). The van der Waals surface area contributed by atoms with Crippen molar-refractivity contribution in [3.05, 3.63) is 65.7 Å².